The molecule has 0 radical (unpaired) electrons. The van der Waals surface area contributed by atoms with E-state index < -0.39 is 0 Å². The average molecular weight is 485 g/mol. The molecule has 0 aliphatic heterocycles. The molecule has 36 heavy (non-hydrogen) atoms. The predicted molar refractivity (Wildman–Crippen MR) is 136 cm³/mol. The highest BCUT2D eigenvalue weighted by molar-refractivity contribution is 6.01. The van der Waals surface area contributed by atoms with Gasteiger partial charge in [-0.1, -0.05) is 65.8 Å². The number of oxazole rings is 1. The van der Waals surface area contributed by atoms with Gasteiger partial charge < -0.3 is 18.7 Å². The lowest BCUT2D eigenvalue weighted by molar-refractivity contribution is -0.140. The van der Waals surface area contributed by atoms with Crippen LogP contribution in [0.3, 0.4) is 0 Å². The number of hydrogen-bond acceptors (Lipinski definition) is 7. The molecule has 1 aromatic heterocycles. The minimum Gasteiger partial charge on any atom is -0.487 e. The molecule has 0 saturated heterocycles. The zero-order chi connectivity index (χ0) is 25.2. The molecule has 0 bridgehead atoms. The molecule has 0 spiro atoms. The van der Waals surface area contributed by atoms with Crippen molar-refractivity contribution in [3.8, 4) is 17.2 Å². The van der Waals surface area contributed by atoms with Crippen LogP contribution in [0.2, 0.25) is 0 Å². The number of ether oxygens (including phenoxy) is 2. The van der Waals surface area contributed by atoms with E-state index in [9.17, 15) is 4.79 Å². The molecule has 0 atom stereocenters. The average Bonchev–Trinajstić information content (AvgIpc) is 3.31. The number of esters is 1. The molecule has 7 nitrogen and oxygen atoms in total. The van der Waals surface area contributed by atoms with E-state index in [1.54, 1.807) is 0 Å². The van der Waals surface area contributed by atoms with Gasteiger partial charge in [0, 0.05) is 12.0 Å². The maximum atomic E-state index is 11.6. The zero-order valence-electron chi connectivity index (χ0n) is 20.3. The van der Waals surface area contributed by atoms with E-state index in [2.05, 4.69) is 10.1 Å². The van der Waals surface area contributed by atoms with Gasteiger partial charge in [-0.15, -0.1) is 0 Å². The Kier molecular flexibility index (Phi) is 8.48. The fourth-order valence-electron chi connectivity index (χ4n) is 3.48. The Morgan fingerprint density at radius 3 is 2.28 bits per heavy atom. The summed E-state index contributed by atoms with van der Waals surface area (Å²) in [6, 6.07) is 27.0. The van der Waals surface area contributed by atoms with Gasteiger partial charge in [-0.25, -0.2) is 4.98 Å². The van der Waals surface area contributed by atoms with Gasteiger partial charge in [0.2, 0.25) is 5.89 Å². The molecule has 0 N–H and O–H groups in total. The highest BCUT2D eigenvalue weighted by Crippen LogP contribution is 2.23. The third-order valence-corrected chi connectivity index (χ3v) is 5.52. The first-order chi connectivity index (χ1) is 17.6. The van der Waals surface area contributed by atoms with Gasteiger partial charge in [0.05, 0.1) is 19.2 Å². The number of nitrogens with zero attached hydrogens (tertiary/aromatic N) is 2. The van der Waals surface area contributed by atoms with E-state index in [1.807, 2.05) is 91.9 Å². The molecule has 4 rings (SSSR count). The molecule has 7 heteroatoms. The highest BCUT2D eigenvalue weighted by Gasteiger charge is 2.12. The molecule has 0 unspecified atom stereocenters. The van der Waals surface area contributed by atoms with Crippen LogP contribution in [0.1, 0.15) is 35.4 Å². The Balaban J connectivity index is 1.32. The van der Waals surface area contributed by atoms with Crippen LogP contribution in [0.5, 0.6) is 5.75 Å². The van der Waals surface area contributed by atoms with Gasteiger partial charge in [-0.3, -0.25) is 4.79 Å². The van der Waals surface area contributed by atoms with Crippen molar-refractivity contribution < 1.29 is 23.5 Å². The van der Waals surface area contributed by atoms with Crippen LogP contribution in [0.25, 0.3) is 11.5 Å². The van der Waals surface area contributed by atoms with Crippen molar-refractivity contribution in [2.45, 2.75) is 33.0 Å². The fraction of sp³-hybridized carbons (Fsp3) is 0.207. The van der Waals surface area contributed by atoms with E-state index >= 15 is 0 Å². The molecule has 184 valence electrons. The number of benzene rings is 3. The van der Waals surface area contributed by atoms with Crippen LogP contribution in [-0.4, -0.2) is 23.8 Å². The molecule has 1 heterocycles. The SMILES string of the molecule is COC(=O)CC/C(=N\OCc1ccc(OCc2nc(-c3ccccc3)oc2C)cc1)c1ccccc1. The standard InChI is InChI=1S/C29H28N2O5/c1-21-27(30-29(36-21)24-11-7-4-8-12-24)20-34-25-15-13-22(14-16-25)19-35-31-26(17-18-28(32)33-2)23-9-5-3-6-10-23/h3-16H,17-20H2,1-2H3/b31-26+. The van der Waals surface area contributed by atoms with Gasteiger partial charge in [0.1, 0.15) is 30.4 Å². The summed E-state index contributed by atoms with van der Waals surface area (Å²) in [6.45, 7) is 2.48. The first kappa shape index (κ1) is 24.7. The summed E-state index contributed by atoms with van der Waals surface area (Å²) < 4.78 is 16.4. The number of carbonyl (C=O) groups is 1. The van der Waals surface area contributed by atoms with Crippen molar-refractivity contribution in [2.75, 3.05) is 7.11 Å². The van der Waals surface area contributed by atoms with Gasteiger partial charge in [-0.2, -0.15) is 0 Å². The molecule has 3 aromatic carbocycles. The van der Waals surface area contributed by atoms with E-state index in [0.29, 0.717) is 30.4 Å². The maximum absolute atomic E-state index is 11.6. The van der Waals surface area contributed by atoms with E-state index in [-0.39, 0.29) is 19.0 Å². The number of methoxy groups -OCH3 is 1. The topological polar surface area (TPSA) is 83.2 Å². The van der Waals surface area contributed by atoms with Crippen molar-refractivity contribution in [3.05, 3.63) is 108 Å². The summed E-state index contributed by atoms with van der Waals surface area (Å²) in [6.07, 6.45) is 0.661. The van der Waals surface area contributed by atoms with Gasteiger partial charge in [0.25, 0.3) is 0 Å². The van der Waals surface area contributed by atoms with Crippen LogP contribution in [0.4, 0.5) is 0 Å². The Morgan fingerprint density at radius 2 is 1.58 bits per heavy atom. The second kappa shape index (κ2) is 12.4. The van der Waals surface area contributed by atoms with Crippen LogP contribution >= 0.6 is 0 Å². The van der Waals surface area contributed by atoms with E-state index in [1.165, 1.54) is 7.11 Å². The third kappa shape index (κ3) is 6.82. The van der Waals surface area contributed by atoms with Crippen molar-refractivity contribution >= 4 is 11.7 Å². The van der Waals surface area contributed by atoms with Crippen LogP contribution < -0.4 is 4.74 Å². The fourth-order valence-corrected chi connectivity index (χ4v) is 3.48. The highest BCUT2D eigenvalue weighted by atomic mass is 16.6. The summed E-state index contributed by atoms with van der Waals surface area (Å²) >= 11 is 0. The van der Waals surface area contributed by atoms with Crippen LogP contribution in [0, 0.1) is 6.92 Å². The number of aromatic nitrogens is 1. The molecular formula is C29H28N2O5. The summed E-state index contributed by atoms with van der Waals surface area (Å²) in [5.74, 6) is 1.75. The smallest absolute Gasteiger partial charge is 0.305 e. The number of rotatable bonds is 11. The molecule has 0 fully saturated rings. The Bertz CT molecular complexity index is 1280. The van der Waals surface area contributed by atoms with Crippen molar-refractivity contribution in [1.29, 1.82) is 0 Å². The first-order valence-corrected chi connectivity index (χ1v) is 11.7. The van der Waals surface area contributed by atoms with Crippen LogP contribution in [0.15, 0.2) is 94.5 Å². The number of hydrogen-bond donors (Lipinski definition) is 0. The third-order valence-electron chi connectivity index (χ3n) is 5.52. The molecule has 0 saturated carbocycles. The lowest BCUT2D eigenvalue weighted by Crippen LogP contribution is -2.08. The quantitative estimate of drug-likeness (QED) is 0.145. The summed E-state index contributed by atoms with van der Waals surface area (Å²) in [5.41, 5.74) is 4.23. The van der Waals surface area contributed by atoms with Crippen molar-refractivity contribution in [1.82, 2.24) is 4.98 Å². The molecular weight excluding hydrogens is 456 g/mol. The number of oxime groups is 1. The van der Waals surface area contributed by atoms with E-state index in [4.69, 9.17) is 18.7 Å². The lowest BCUT2D eigenvalue weighted by atomic mass is 10.1. The number of aryl methyl sites for hydroxylation is 1. The molecule has 4 aromatic rings. The maximum Gasteiger partial charge on any atom is 0.305 e. The Hall–Kier alpha value is -4.39. The van der Waals surface area contributed by atoms with Gasteiger partial charge >= 0.3 is 5.97 Å². The predicted octanol–water partition coefficient (Wildman–Crippen LogP) is 6.10. The van der Waals surface area contributed by atoms with Gasteiger partial charge in [0.15, 0.2) is 0 Å². The normalized spacial score (nSPS) is 11.2. The second-order valence-corrected chi connectivity index (χ2v) is 8.07. The lowest BCUT2D eigenvalue weighted by Gasteiger charge is -2.08. The van der Waals surface area contributed by atoms with Crippen molar-refractivity contribution in [2.24, 2.45) is 5.16 Å². The van der Waals surface area contributed by atoms with E-state index in [0.717, 1.165) is 28.1 Å². The van der Waals surface area contributed by atoms with Crippen LogP contribution in [-0.2, 0) is 27.6 Å². The molecule has 0 aliphatic rings. The summed E-state index contributed by atoms with van der Waals surface area (Å²) in [4.78, 5) is 21.7. The first-order valence-electron chi connectivity index (χ1n) is 11.7. The summed E-state index contributed by atoms with van der Waals surface area (Å²) in [7, 11) is 1.38. The Morgan fingerprint density at radius 1 is 0.889 bits per heavy atom. The second-order valence-electron chi connectivity index (χ2n) is 8.07. The monoisotopic (exact) mass is 484 g/mol. The molecule has 0 aliphatic carbocycles. The largest absolute Gasteiger partial charge is 0.487 e. The van der Waals surface area contributed by atoms with Crippen molar-refractivity contribution in [3.63, 3.8) is 0 Å². The van der Waals surface area contributed by atoms with Gasteiger partial charge in [-0.05, 0) is 42.3 Å². The minimum absolute atomic E-state index is 0.234. The molecule has 0 amide bonds. The number of carbonyl (C=O) groups excluding carboxylic acids is 1. The summed E-state index contributed by atoms with van der Waals surface area (Å²) in [5, 5.41) is 4.29. The Labute approximate surface area is 210 Å². The zero-order valence-corrected chi connectivity index (χ0v) is 20.3. The minimum atomic E-state index is -0.286.